The molecule has 0 amide bonds. The lowest BCUT2D eigenvalue weighted by atomic mass is 9.77. The molecule has 1 N–H and O–H groups in total. The molecule has 32 heavy (non-hydrogen) atoms. The summed E-state index contributed by atoms with van der Waals surface area (Å²) in [4.78, 5) is 2.45. The summed E-state index contributed by atoms with van der Waals surface area (Å²) in [5.41, 5.74) is 2.97. The molecule has 4 heteroatoms. The first-order valence-electron chi connectivity index (χ1n) is 12.1. The Labute approximate surface area is 194 Å². The van der Waals surface area contributed by atoms with E-state index in [1.54, 1.807) is 14.2 Å². The van der Waals surface area contributed by atoms with Crippen molar-refractivity contribution in [2.75, 3.05) is 27.3 Å². The van der Waals surface area contributed by atoms with Crippen molar-refractivity contribution in [2.24, 2.45) is 0 Å². The van der Waals surface area contributed by atoms with E-state index >= 15 is 0 Å². The molecule has 3 rings (SSSR count). The zero-order chi connectivity index (χ0) is 23.5. The number of benzene rings is 2. The van der Waals surface area contributed by atoms with Gasteiger partial charge in [-0.15, -0.1) is 0 Å². The Kier molecular flexibility index (Phi) is 7.89. The minimum Gasteiger partial charge on any atom is -0.497 e. The standard InChI is InChI=1S/C28H41NO3/c1-19(2)25-17-23(18-26(20(3)4)27(25)32-7)28(30,21(5)29-15-9-8-10-16-29)22-11-13-24(31-6)14-12-22/h11-14,17-21,30H,8-10,15-16H2,1-7H3. The number of nitrogens with zero attached hydrogens (tertiary/aromatic N) is 1. The fraction of sp³-hybridized carbons (Fsp3) is 0.571. The molecule has 2 aromatic carbocycles. The first kappa shape index (κ1) is 24.6. The minimum atomic E-state index is -1.15. The van der Waals surface area contributed by atoms with Crippen molar-refractivity contribution in [3.05, 3.63) is 58.7 Å². The second-order valence-corrected chi connectivity index (χ2v) is 9.76. The van der Waals surface area contributed by atoms with Crippen LogP contribution in [-0.4, -0.2) is 43.4 Å². The van der Waals surface area contributed by atoms with Gasteiger partial charge in [-0.25, -0.2) is 0 Å². The van der Waals surface area contributed by atoms with Crippen molar-refractivity contribution in [3.8, 4) is 11.5 Å². The maximum absolute atomic E-state index is 12.6. The Hall–Kier alpha value is -2.04. The predicted molar refractivity (Wildman–Crippen MR) is 132 cm³/mol. The van der Waals surface area contributed by atoms with Crippen molar-refractivity contribution >= 4 is 0 Å². The molecule has 0 aromatic heterocycles. The van der Waals surface area contributed by atoms with Crippen LogP contribution in [0.4, 0.5) is 0 Å². The van der Waals surface area contributed by atoms with Crippen molar-refractivity contribution in [1.29, 1.82) is 0 Å². The second-order valence-electron chi connectivity index (χ2n) is 9.76. The largest absolute Gasteiger partial charge is 0.497 e. The van der Waals surface area contributed by atoms with Crippen LogP contribution in [0.5, 0.6) is 11.5 Å². The van der Waals surface area contributed by atoms with Crippen LogP contribution in [0.25, 0.3) is 0 Å². The fourth-order valence-corrected chi connectivity index (χ4v) is 5.05. The Morgan fingerprint density at radius 3 is 1.75 bits per heavy atom. The Balaban J connectivity index is 2.24. The molecule has 1 heterocycles. The van der Waals surface area contributed by atoms with E-state index < -0.39 is 5.60 Å². The SMILES string of the molecule is COc1ccc(C(O)(c2cc(C(C)C)c(OC)c(C(C)C)c2)C(C)N2CCCCC2)cc1. The summed E-state index contributed by atoms with van der Waals surface area (Å²) >= 11 is 0. The number of hydrogen-bond donors (Lipinski definition) is 1. The van der Waals surface area contributed by atoms with Gasteiger partial charge in [-0.3, -0.25) is 4.90 Å². The van der Waals surface area contributed by atoms with Crippen LogP contribution in [0.1, 0.15) is 88.0 Å². The number of aliphatic hydroxyl groups is 1. The number of piperidine rings is 1. The summed E-state index contributed by atoms with van der Waals surface area (Å²) < 4.78 is 11.3. The van der Waals surface area contributed by atoms with Gasteiger partial charge in [0.15, 0.2) is 0 Å². The summed E-state index contributed by atoms with van der Waals surface area (Å²) in [5, 5.41) is 12.6. The van der Waals surface area contributed by atoms with Gasteiger partial charge in [-0.05, 0) is 91.2 Å². The third kappa shape index (κ3) is 4.67. The molecule has 2 aromatic rings. The van der Waals surface area contributed by atoms with Crippen LogP contribution in [0.15, 0.2) is 36.4 Å². The monoisotopic (exact) mass is 439 g/mol. The van der Waals surface area contributed by atoms with E-state index in [1.165, 1.54) is 19.3 Å². The summed E-state index contributed by atoms with van der Waals surface area (Å²) in [5.74, 6) is 2.31. The van der Waals surface area contributed by atoms with E-state index in [0.717, 1.165) is 46.8 Å². The third-order valence-electron chi connectivity index (χ3n) is 7.11. The molecule has 2 unspecified atom stereocenters. The minimum absolute atomic E-state index is 0.0652. The molecule has 176 valence electrons. The van der Waals surface area contributed by atoms with Gasteiger partial charge in [0.25, 0.3) is 0 Å². The normalized spacial score (nSPS) is 17.9. The fourth-order valence-electron chi connectivity index (χ4n) is 5.05. The van der Waals surface area contributed by atoms with Gasteiger partial charge in [0.2, 0.25) is 0 Å². The highest BCUT2D eigenvalue weighted by atomic mass is 16.5. The van der Waals surface area contributed by atoms with Crippen LogP contribution in [0, 0.1) is 0 Å². The summed E-state index contributed by atoms with van der Waals surface area (Å²) in [6, 6.07) is 12.2. The molecule has 1 fully saturated rings. The van der Waals surface area contributed by atoms with Crippen molar-refractivity contribution < 1.29 is 14.6 Å². The van der Waals surface area contributed by atoms with Crippen molar-refractivity contribution in [2.45, 2.75) is 77.4 Å². The molecule has 0 saturated carbocycles. The van der Waals surface area contributed by atoms with E-state index in [4.69, 9.17) is 9.47 Å². The van der Waals surface area contributed by atoms with Gasteiger partial charge in [-0.1, -0.05) is 46.2 Å². The average molecular weight is 440 g/mol. The average Bonchev–Trinajstić information content (AvgIpc) is 2.82. The van der Waals surface area contributed by atoms with Crippen LogP contribution >= 0.6 is 0 Å². The van der Waals surface area contributed by atoms with Crippen LogP contribution in [0.3, 0.4) is 0 Å². The number of rotatable bonds is 8. The second kappa shape index (κ2) is 10.3. The molecule has 1 saturated heterocycles. The first-order chi connectivity index (χ1) is 15.2. The highest BCUT2D eigenvalue weighted by Crippen LogP contribution is 2.43. The maximum Gasteiger partial charge on any atom is 0.130 e. The number of ether oxygens (including phenoxy) is 2. The first-order valence-corrected chi connectivity index (χ1v) is 12.1. The molecule has 1 aliphatic heterocycles. The zero-order valence-corrected chi connectivity index (χ0v) is 20.9. The highest BCUT2D eigenvalue weighted by molar-refractivity contribution is 5.52. The van der Waals surface area contributed by atoms with Gasteiger partial charge in [0.1, 0.15) is 17.1 Å². The summed E-state index contributed by atoms with van der Waals surface area (Å²) in [6.45, 7) is 13.0. The van der Waals surface area contributed by atoms with Gasteiger partial charge >= 0.3 is 0 Å². The maximum atomic E-state index is 12.6. The van der Waals surface area contributed by atoms with E-state index in [-0.39, 0.29) is 17.9 Å². The molecule has 1 aliphatic rings. The Morgan fingerprint density at radius 2 is 1.31 bits per heavy atom. The number of likely N-dealkylation sites (tertiary alicyclic amines) is 1. The molecule has 0 radical (unpaired) electrons. The summed E-state index contributed by atoms with van der Waals surface area (Å²) in [7, 11) is 3.42. The molecule has 0 bridgehead atoms. The lowest BCUT2D eigenvalue weighted by molar-refractivity contribution is -0.0196. The molecule has 4 nitrogen and oxygen atoms in total. The Morgan fingerprint density at radius 1 is 0.781 bits per heavy atom. The highest BCUT2D eigenvalue weighted by Gasteiger charge is 2.42. The lowest BCUT2D eigenvalue weighted by Crippen LogP contribution is -2.51. The number of methoxy groups -OCH3 is 2. The summed E-state index contributed by atoms with van der Waals surface area (Å²) in [6.07, 6.45) is 3.63. The van der Waals surface area contributed by atoms with Crippen molar-refractivity contribution in [3.63, 3.8) is 0 Å². The molecular formula is C28H41NO3. The predicted octanol–water partition coefficient (Wildman–Crippen LogP) is 6.06. The van der Waals surface area contributed by atoms with E-state index in [2.05, 4.69) is 51.7 Å². The quantitative estimate of drug-likeness (QED) is 0.543. The lowest BCUT2D eigenvalue weighted by Gasteiger charge is -2.44. The van der Waals surface area contributed by atoms with Gasteiger partial charge in [0.05, 0.1) is 14.2 Å². The van der Waals surface area contributed by atoms with E-state index in [0.29, 0.717) is 0 Å². The Bertz CT molecular complexity index is 855. The number of hydrogen-bond acceptors (Lipinski definition) is 4. The zero-order valence-electron chi connectivity index (χ0n) is 20.9. The molecular weight excluding hydrogens is 398 g/mol. The van der Waals surface area contributed by atoms with Gasteiger partial charge in [0, 0.05) is 6.04 Å². The van der Waals surface area contributed by atoms with Gasteiger partial charge in [-0.2, -0.15) is 0 Å². The smallest absolute Gasteiger partial charge is 0.130 e. The topological polar surface area (TPSA) is 41.9 Å². The van der Waals surface area contributed by atoms with Crippen LogP contribution in [-0.2, 0) is 5.60 Å². The third-order valence-corrected chi connectivity index (χ3v) is 7.11. The van der Waals surface area contributed by atoms with Crippen molar-refractivity contribution in [1.82, 2.24) is 4.90 Å². The van der Waals surface area contributed by atoms with Crippen LogP contribution in [0.2, 0.25) is 0 Å². The molecule has 0 aliphatic carbocycles. The van der Waals surface area contributed by atoms with Crippen LogP contribution < -0.4 is 9.47 Å². The van der Waals surface area contributed by atoms with E-state index in [9.17, 15) is 5.11 Å². The van der Waals surface area contributed by atoms with E-state index in [1.807, 2.05) is 24.3 Å². The molecule has 0 spiro atoms. The van der Waals surface area contributed by atoms with Gasteiger partial charge < -0.3 is 14.6 Å². The molecule has 2 atom stereocenters.